The minimum Gasteiger partial charge on any atom is -0.351 e. The number of halogens is 8. The highest BCUT2D eigenvalue weighted by atomic mass is 32.2. The van der Waals surface area contributed by atoms with E-state index in [-0.39, 0.29) is 5.69 Å². The molecule has 7 nitrogen and oxygen atoms in total. The molecule has 1 aliphatic rings. The summed E-state index contributed by atoms with van der Waals surface area (Å²) in [6, 6.07) is 3.73. The number of carbonyl (C=O) groups excluding carboxylic acids is 2. The Balaban J connectivity index is 2.15. The minimum absolute atomic E-state index is 0.345. The summed E-state index contributed by atoms with van der Waals surface area (Å²) in [6.45, 7) is -0.755. The summed E-state index contributed by atoms with van der Waals surface area (Å²) in [5.74, 6) is -3.46. The third-order valence-electron chi connectivity index (χ3n) is 5.80. The standard InChI is InChI=1S/C23H19F8N3O4S/c1-39(37,38)11-18(35)33-10-16-15(17-7-2-12(9-32-17)19(24)25)8-21(23(29,30)31,34-20(16)36)13-3-5-14(6-4-13)22(26,27)28/h2-7,9,19H,8,10-11H2,1H3,(H,33,35)(H,34,36)/t21-/m0/s1. The second-order valence-corrected chi connectivity index (χ2v) is 10.8. The molecule has 0 fully saturated rings. The van der Waals surface area contributed by atoms with Crippen molar-refractivity contribution in [2.75, 3.05) is 18.6 Å². The Morgan fingerprint density at radius 3 is 2.15 bits per heavy atom. The molecule has 2 amide bonds. The summed E-state index contributed by atoms with van der Waals surface area (Å²) in [7, 11) is -3.80. The van der Waals surface area contributed by atoms with Crippen molar-refractivity contribution in [2.45, 2.75) is 30.7 Å². The van der Waals surface area contributed by atoms with Crippen LogP contribution in [0.25, 0.3) is 5.57 Å². The summed E-state index contributed by atoms with van der Waals surface area (Å²) in [5, 5.41) is 3.88. The van der Waals surface area contributed by atoms with Crippen LogP contribution in [0, 0.1) is 0 Å². The van der Waals surface area contributed by atoms with Crippen molar-refractivity contribution in [2.24, 2.45) is 0 Å². The monoisotopic (exact) mass is 585 g/mol. The molecular formula is C23H19F8N3O4S. The Morgan fingerprint density at radius 2 is 1.69 bits per heavy atom. The van der Waals surface area contributed by atoms with Crippen LogP contribution in [0.15, 0.2) is 48.2 Å². The maximum atomic E-state index is 14.6. The van der Waals surface area contributed by atoms with E-state index in [1.165, 1.54) is 0 Å². The first kappa shape index (κ1) is 30.0. The van der Waals surface area contributed by atoms with Gasteiger partial charge < -0.3 is 10.6 Å². The fraction of sp³-hybridized carbons (Fsp3) is 0.348. The van der Waals surface area contributed by atoms with Crippen LogP contribution in [0.2, 0.25) is 0 Å². The van der Waals surface area contributed by atoms with E-state index in [0.29, 0.717) is 30.5 Å². The summed E-state index contributed by atoms with van der Waals surface area (Å²) in [5.41, 5.74) is -7.10. The fourth-order valence-corrected chi connectivity index (χ4v) is 4.47. The van der Waals surface area contributed by atoms with E-state index in [4.69, 9.17) is 0 Å². The summed E-state index contributed by atoms with van der Waals surface area (Å²) in [6.07, 6.45) is -12.8. The molecule has 2 N–H and O–H groups in total. The van der Waals surface area contributed by atoms with Crippen LogP contribution in [0.1, 0.15) is 35.2 Å². The second-order valence-electron chi connectivity index (χ2n) is 8.69. The molecule has 1 aliphatic heterocycles. The minimum atomic E-state index is -5.28. The number of carbonyl (C=O) groups is 2. The van der Waals surface area contributed by atoms with Gasteiger partial charge in [-0.05, 0) is 35.4 Å². The quantitative estimate of drug-likeness (QED) is 0.480. The van der Waals surface area contributed by atoms with Gasteiger partial charge in [0.25, 0.3) is 6.43 Å². The predicted molar refractivity (Wildman–Crippen MR) is 121 cm³/mol. The molecule has 2 aromatic rings. The Morgan fingerprint density at radius 1 is 1.08 bits per heavy atom. The number of amides is 2. The van der Waals surface area contributed by atoms with Crippen molar-refractivity contribution in [3.8, 4) is 0 Å². The third kappa shape index (κ3) is 6.72. The van der Waals surface area contributed by atoms with E-state index < -0.39 is 92.5 Å². The highest BCUT2D eigenvalue weighted by Gasteiger charge is 2.59. The zero-order chi connectivity index (χ0) is 29.4. The molecule has 16 heteroatoms. The molecule has 2 heterocycles. The lowest BCUT2D eigenvalue weighted by Gasteiger charge is -2.41. The largest absolute Gasteiger partial charge is 0.416 e. The SMILES string of the molecule is CS(=O)(=O)CC(=O)NCC1=C(c2ccc(C(F)F)cn2)C[C@](c2ccc(C(F)(F)F)cc2)(C(F)(F)F)NC1=O. The van der Waals surface area contributed by atoms with Gasteiger partial charge in [0.1, 0.15) is 5.75 Å². The first-order valence-electron chi connectivity index (χ1n) is 10.8. The number of hydrogen-bond donors (Lipinski definition) is 2. The van der Waals surface area contributed by atoms with Crippen molar-refractivity contribution in [3.63, 3.8) is 0 Å². The number of nitrogens with zero attached hydrogens (tertiary/aromatic N) is 1. The van der Waals surface area contributed by atoms with Gasteiger partial charge in [0, 0.05) is 36.6 Å². The molecule has 0 saturated heterocycles. The number of pyridine rings is 1. The molecule has 0 saturated carbocycles. The number of benzene rings is 1. The van der Waals surface area contributed by atoms with Crippen LogP contribution in [0.4, 0.5) is 35.1 Å². The number of rotatable bonds is 7. The smallest absolute Gasteiger partial charge is 0.351 e. The molecule has 1 atom stereocenters. The first-order valence-corrected chi connectivity index (χ1v) is 12.9. The van der Waals surface area contributed by atoms with Gasteiger partial charge in [-0.15, -0.1) is 0 Å². The highest BCUT2D eigenvalue weighted by molar-refractivity contribution is 7.91. The van der Waals surface area contributed by atoms with Gasteiger partial charge in [0.15, 0.2) is 15.4 Å². The van der Waals surface area contributed by atoms with Crippen molar-refractivity contribution < 1.29 is 53.1 Å². The number of nitrogens with one attached hydrogen (secondary N) is 2. The van der Waals surface area contributed by atoms with Crippen molar-refractivity contribution in [1.29, 1.82) is 0 Å². The van der Waals surface area contributed by atoms with Gasteiger partial charge in [-0.3, -0.25) is 14.6 Å². The van der Waals surface area contributed by atoms with Crippen molar-refractivity contribution >= 4 is 27.2 Å². The van der Waals surface area contributed by atoms with Gasteiger partial charge in [-0.2, -0.15) is 26.3 Å². The molecule has 0 radical (unpaired) electrons. The molecule has 1 aromatic carbocycles. The Hall–Kier alpha value is -3.56. The van der Waals surface area contributed by atoms with Crippen LogP contribution in [-0.2, 0) is 31.1 Å². The Labute approximate surface area is 216 Å². The number of alkyl halides is 8. The van der Waals surface area contributed by atoms with E-state index in [2.05, 4.69) is 10.3 Å². The molecule has 0 spiro atoms. The van der Waals surface area contributed by atoms with Crippen LogP contribution in [0.3, 0.4) is 0 Å². The van der Waals surface area contributed by atoms with E-state index in [9.17, 15) is 53.1 Å². The second kappa shape index (κ2) is 10.5. The molecule has 0 bridgehead atoms. The molecule has 39 heavy (non-hydrogen) atoms. The summed E-state index contributed by atoms with van der Waals surface area (Å²) >= 11 is 0. The lowest BCUT2D eigenvalue weighted by atomic mass is 9.77. The molecule has 212 valence electrons. The van der Waals surface area contributed by atoms with Gasteiger partial charge >= 0.3 is 12.4 Å². The number of hydrogen-bond acceptors (Lipinski definition) is 5. The summed E-state index contributed by atoms with van der Waals surface area (Å²) in [4.78, 5) is 28.8. The number of sulfone groups is 1. The van der Waals surface area contributed by atoms with Gasteiger partial charge in [-0.1, -0.05) is 12.1 Å². The van der Waals surface area contributed by atoms with Gasteiger partial charge in [-0.25, -0.2) is 17.2 Å². The lowest BCUT2D eigenvalue weighted by molar-refractivity contribution is -0.201. The van der Waals surface area contributed by atoms with Crippen LogP contribution in [-0.4, -0.2) is 49.9 Å². The van der Waals surface area contributed by atoms with Crippen molar-refractivity contribution in [3.05, 3.63) is 70.6 Å². The zero-order valence-corrected chi connectivity index (χ0v) is 20.6. The first-order chi connectivity index (χ1) is 17.8. The van der Waals surface area contributed by atoms with Gasteiger partial charge in [0.2, 0.25) is 11.8 Å². The van der Waals surface area contributed by atoms with E-state index >= 15 is 0 Å². The Bertz CT molecular complexity index is 1390. The topological polar surface area (TPSA) is 105 Å². The molecule has 1 aromatic heterocycles. The van der Waals surface area contributed by atoms with Crippen molar-refractivity contribution in [1.82, 2.24) is 15.6 Å². The molecule has 3 rings (SSSR count). The van der Waals surface area contributed by atoms with E-state index in [0.717, 1.165) is 18.4 Å². The maximum absolute atomic E-state index is 14.6. The average molecular weight is 585 g/mol. The zero-order valence-electron chi connectivity index (χ0n) is 19.8. The Kier molecular flexibility index (Phi) is 8.11. The van der Waals surface area contributed by atoms with E-state index in [1.54, 1.807) is 5.32 Å². The van der Waals surface area contributed by atoms with E-state index in [1.807, 2.05) is 0 Å². The normalized spacial score (nSPS) is 18.8. The number of aromatic nitrogens is 1. The summed E-state index contributed by atoms with van der Waals surface area (Å²) < 4.78 is 131. The van der Waals surface area contributed by atoms with Crippen LogP contribution >= 0.6 is 0 Å². The molecular weight excluding hydrogens is 566 g/mol. The molecule has 0 aliphatic carbocycles. The highest BCUT2D eigenvalue weighted by Crippen LogP contribution is 2.48. The maximum Gasteiger partial charge on any atom is 0.416 e. The van der Waals surface area contributed by atoms with Crippen LogP contribution in [0.5, 0.6) is 0 Å². The van der Waals surface area contributed by atoms with Gasteiger partial charge in [0.05, 0.1) is 11.3 Å². The lowest BCUT2D eigenvalue weighted by Crippen LogP contribution is -2.59. The average Bonchev–Trinajstić information content (AvgIpc) is 2.80. The third-order valence-corrected chi connectivity index (χ3v) is 6.59. The van der Waals surface area contributed by atoms with Crippen LogP contribution < -0.4 is 10.6 Å². The predicted octanol–water partition coefficient (Wildman–Crippen LogP) is 3.93. The molecule has 0 unspecified atom stereocenters. The fourth-order valence-electron chi connectivity index (χ4n) is 3.90.